The Morgan fingerprint density at radius 2 is 0.321 bits per heavy atom. The van der Waals surface area contributed by atoms with Crippen molar-refractivity contribution in [2.24, 2.45) is 0 Å². The van der Waals surface area contributed by atoms with Gasteiger partial charge in [-0.25, -0.2) is 4.79 Å². The quantitative estimate of drug-likeness (QED) is 0.0649. The normalized spacial score (nSPS) is 11.9. The van der Waals surface area contributed by atoms with Crippen molar-refractivity contribution >= 4 is 5.97 Å². The molecule has 0 saturated carbocycles. The Hall–Kier alpha value is -1.53. The molecule has 0 aromatic carbocycles. The summed E-state index contributed by atoms with van der Waals surface area (Å²) in [5.41, 5.74) is -0.521. The molecule has 0 rings (SSSR count). The molecule has 0 saturated heterocycles. The molecule has 0 aromatic heterocycles. The second-order valence-electron chi connectivity index (χ2n) is 17.4. The van der Waals surface area contributed by atoms with Gasteiger partial charge in [-0.15, -0.1) is 0 Å². The van der Waals surface area contributed by atoms with Crippen molar-refractivity contribution in [2.75, 3.05) is 324 Å². The van der Waals surface area contributed by atoms with E-state index in [4.69, 9.17) is 124 Å². The molecule has 0 fully saturated rings. The van der Waals surface area contributed by atoms with Crippen LogP contribution in [0.3, 0.4) is 0 Å². The van der Waals surface area contributed by atoms with E-state index in [9.17, 15) is 4.79 Å². The van der Waals surface area contributed by atoms with Gasteiger partial charge >= 0.3 is 5.97 Å². The number of carbonyl (C=O) groups is 1. The molecule has 0 aliphatic rings. The molecule has 0 aliphatic carbocycles. The van der Waals surface area contributed by atoms with Crippen molar-refractivity contribution in [3.8, 4) is 0 Å². The zero-order chi connectivity index (χ0) is 58.4. The number of carbonyl (C=O) groups excluding carboxylic acids is 1. The van der Waals surface area contributed by atoms with Crippen LogP contribution in [0, 0.1) is 0 Å². The van der Waals surface area contributed by atoms with Crippen molar-refractivity contribution in [3.05, 3.63) is 0 Å². The fourth-order valence-corrected chi connectivity index (χ4v) is 5.65. The number of esters is 1. The first-order valence-electron chi connectivity index (χ1n) is 28.6. The van der Waals surface area contributed by atoms with Gasteiger partial charge in [0.05, 0.1) is 317 Å². The van der Waals surface area contributed by atoms with Crippen LogP contribution in [-0.2, 0) is 123 Å². The summed E-state index contributed by atoms with van der Waals surface area (Å²) < 4.78 is 136. The predicted molar refractivity (Wildman–Crippen MR) is 293 cm³/mol. The third kappa shape index (κ3) is 76.5. The molecule has 0 amide bonds. The summed E-state index contributed by atoms with van der Waals surface area (Å²) >= 11 is 0. The minimum atomic E-state index is -0.521. The fourth-order valence-electron chi connectivity index (χ4n) is 5.65. The summed E-state index contributed by atoms with van der Waals surface area (Å²) in [7, 11) is 0. The highest BCUT2D eigenvalue weighted by molar-refractivity contribution is 5.71. The third-order valence-electron chi connectivity index (χ3n) is 9.43. The molecule has 0 aliphatic heterocycles. The lowest BCUT2D eigenvalue weighted by atomic mass is 10.2. The number of hydrogen-bond acceptors (Lipinski definition) is 27. The zero-order valence-electron chi connectivity index (χ0n) is 49.7. The Labute approximate surface area is 483 Å². The third-order valence-corrected chi connectivity index (χ3v) is 9.43. The zero-order valence-corrected chi connectivity index (χ0v) is 49.7. The molecule has 81 heavy (non-hydrogen) atoms. The summed E-state index contributed by atoms with van der Waals surface area (Å²) in [5, 5.41) is 8.61. The van der Waals surface area contributed by atoms with Crippen LogP contribution in [0.2, 0.25) is 0 Å². The van der Waals surface area contributed by atoms with E-state index in [-0.39, 0.29) is 13.2 Å². The SMILES string of the molecule is CC(C)(C)OC(=O)COCCOCCOCCOCCOCCOCCOCCOCCOCCOCCOCCOCCOCCOCCOCCOCCOCCOCCOCCOCCOCCOCCOCCOCCO. The lowest BCUT2D eigenvalue weighted by Crippen LogP contribution is -2.27. The lowest BCUT2D eigenvalue weighted by Gasteiger charge is -2.19. The Kier molecular flexibility index (Phi) is 69.6. The van der Waals surface area contributed by atoms with Gasteiger partial charge in [-0.2, -0.15) is 0 Å². The standard InChI is InChI=1S/C54H108O27/c1-54(2,3)81-53(56)52-80-51-50-79-49-48-78-47-46-77-45-44-76-43-42-75-41-40-74-39-38-73-37-36-72-35-34-71-33-32-70-31-30-69-29-28-68-27-26-67-25-24-66-23-22-65-21-20-64-19-18-63-17-16-62-15-14-61-13-12-60-11-10-59-9-8-58-7-6-57-5-4-55/h55H,4-52H2,1-3H3. The van der Waals surface area contributed by atoms with E-state index in [1.165, 1.54) is 0 Å². The van der Waals surface area contributed by atoms with Crippen LogP contribution in [0.15, 0.2) is 0 Å². The van der Waals surface area contributed by atoms with Crippen LogP contribution in [0.1, 0.15) is 20.8 Å². The van der Waals surface area contributed by atoms with Gasteiger partial charge in [-0.3, -0.25) is 0 Å². The van der Waals surface area contributed by atoms with Crippen LogP contribution < -0.4 is 0 Å². The van der Waals surface area contributed by atoms with Crippen LogP contribution in [0.25, 0.3) is 0 Å². The molecule has 486 valence electrons. The topological polar surface area (TPSA) is 268 Å². The molecule has 0 heterocycles. The number of hydrogen-bond donors (Lipinski definition) is 1. The van der Waals surface area contributed by atoms with Crippen molar-refractivity contribution in [1.82, 2.24) is 0 Å². The molecular formula is C54H108O27. The summed E-state index contributed by atoms with van der Waals surface area (Å²) in [6.45, 7) is 27.5. The Balaban J connectivity index is 3.10. The second kappa shape index (κ2) is 71.0. The molecule has 0 aromatic rings. The summed E-state index contributed by atoms with van der Waals surface area (Å²) in [4.78, 5) is 11.5. The van der Waals surface area contributed by atoms with Gasteiger partial charge in [0.1, 0.15) is 12.2 Å². The monoisotopic (exact) mass is 1190 g/mol. The Morgan fingerprint density at radius 1 is 0.210 bits per heavy atom. The van der Waals surface area contributed by atoms with Gasteiger partial charge in [0.15, 0.2) is 0 Å². The fraction of sp³-hybridized carbons (Fsp3) is 0.981. The summed E-state index contributed by atoms with van der Waals surface area (Å²) in [6, 6.07) is 0. The lowest BCUT2D eigenvalue weighted by molar-refractivity contribution is -0.160. The Morgan fingerprint density at radius 3 is 0.432 bits per heavy atom. The minimum absolute atomic E-state index is 0.0170. The first kappa shape index (κ1) is 79.5. The maximum Gasteiger partial charge on any atom is 0.332 e. The van der Waals surface area contributed by atoms with Crippen LogP contribution in [0.5, 0.6) is 0 Å². The number of ether oxygens (including phenoxy) is 25. The van der Waals surface area contributed by atoms with Crippen LogP contribution >= 0.6 is 0 Å². The van der Waals surface area contributed by atoms with E-state index < -0.39 is 11.6 Å². The molecule has 0 unspecified atom stereocenters. The van der Waals surface area contributed by atoms with Gasteiger partial charge in [0.25, 0.3) is 0 Å². The van der Waals surface area contributed by atoms with Crippen molar-refractivity contribution in [2.45, 2.75) is 26.4 Å². The molecule has 0 atom stereocenters. The molecule has 27 nitrogen and oxygen atoms in total. The predicted octanol–water partition coefficient (Wildman–Crippen LogP) is 0.719. The first-order chi connectivity index (χ1) is 40.0. The van der Waals surface area contributed by atoms with Crippen LogP contribution in [0.4, 0.5) is 0 Å². The second-order valence-corrected chi connectivity index (χ2v) is 17.4. The van der Waals surface area contributed by atoms with Crippen molar-refractivity contribution < 1.29 is 128 Å². The average molecular weight is 1190 g/mol. The molecular weight excluding hydrogens is 1080 g/mol. The van der Waals surface area contributed by atoms with Gasteiger partial charge in [-0.1, -0.05) is 0 Å². The molecule has 1 N–H and O–H groups in total. The van der Waals surface area contributed by atoms with E-state index in [2.05, 4.69) is 0 Å². The van der Waals surface area contributed by atoms with Crippen LogP contribution in [-0.4, -0.2) is 340 Å². The molecule has 0 radical (unpaired) electrons. The van der Waals surface area contributed by atoms with E-state index in [0.717, 1.165) is 0 Å². The van der Waals surface area contributed by atoms with Gasteiger partial charge in [-0.05, 0) is 20.8 Å². The van der Waals surface area contributed by atoms with Crippen molar-refractivity contribution in [3.63, 3.8) is 0 Å². The van der Waals surface area contributed by atoms with Crippen molar-refractivity contribution in [1.29, 1.82) is 0 Å². The maximum atomic E-state index is 11.5. The highest BCUT2D eigenvalue weighted by Crippen LogP contribution is 2.06. The number of aliphatic hydroxyl groups is 1. The van der Waals surface area contributed by atoms with Gasteiger partial charge in [0, 0.05) is 0 Å². The largest absolute Gasteiger partial charge is 0.458 e. The summed E-state index contributed by atoms with van der Waals surface area (Å²) in [6.07, 6.45) is 0. The number of aliphatic hydroxyl groups excluding tert-OH is 1. The first-order valence-corrected chi connectivity index (χ1v) is 28.6. The summed E-state index contributed by atoms with van der Waals surface area (Å²) in [5.74, 6) is -0.393. The minimum Gasteiger partial charge on any atom is -0.458 e. The Bertz CT molecular complexity index is 1170. The molecule has 27 heteroatoms. The average Bonchev–Trinajstić information content (AvgIpc) is 3.45. The number of rotatable bonds is 73. The maximum absolute atomic E-state index is 11.5. The smallest absolute Gasteiger partial charge is 0.332 e. The van der Waals surface area contributed by atoms with E-state index >= 15 is 0 Å². The van der Waals surface area contributed by atoms with Gasteiger partial charge < -0.3 is 124 Å². The highest BCUT2D eigenvalue weighted by atomic mass is 16.6. The van der Waals surface area contributed by atoms with E-state index in [1.807, 2.05) is 20.8 Å². The molecule has 0 bridgehead atoms. The van der Waals surface area contributed by atoms with E-state index in [1.54, 1.807) is 0 Å². The van der Waals surface area contributed by atoms with E-state index in [0.29, 0.717) is 311 Å². The highest BCUT2D eigenvalue weighted by Gasteiger charge is 2.16. The molecule has 0 spiro atoms. The van der Waals surface area contributed by atoms with Gasteiger partial charge in [0.2, 0.25) is 0 Å².